The first kappa shape index (κ1) is 16.8. The molecule has 1 unspecified atom stereocenters. The number of benzene rings is 2. The number of hydrogen-bond acceptors (Lipinski definition) is 3. The van der Waals surface area contributed by atoms with Gasteiger partial charge in [0.25, 0.3) is 0 Å². The highest BCUT2D eigenvalue weighted by Gasteiger charge is 2.43. The second kappa shape index (κ2) is 7.23. The first-order chi connectivity index (χ1) is 11.7. The SMILES string of the molecule is COC(=O)N1CCCCC1P(=O)(c1ccccc1)c1ccccc1. The third-order valence-electron chi connectivity index (χ3n) is 4.58. The molecule has 0 aromatic heterocycles. The van der Waals surface area contributed by atoms with Gasteiger partial charge in [0.1, 0.15) is 0 Å². The monoisotopic (exact) mass is 343 g/mol. The molecule has 126 valence electrons. The fourth-order valence-electron chi connectivity index (χ4n) is 3.41. The second-order valence-corrected chi connectivity index (χ2v) is 8.91. The van der Waals surface area contributed by atoms with Crippen LogP contribution in [0.5, 0.6) is 0 Å². The molecule has 2 aromatic rings. The summed E-state index contributed by atoms with van der Waals surface area (Å²) in [5, 5.41) is 1.58. The van der Waals surface area contributed by atoms with Crippen molar-refractivity contribution in [1.82, 2.24) is 4.90 Å². The fourth-order valence-corrected chi connectivity index (χ4v) is 6.78. The average molecular weight is 343 g/mol. The van der Waals surface area contributed by atoms with E-state index in [1.165, 1.54) is 7.11 Å². The van der Waals surface area contributed by atoms with E-state index in [0.717, 1.165) is 29.9 Å². The quantitative estimate of drug-likeness (QED) is 0.801. The molecule has 0 radical (unpaired) electrons. The first-order valence-electron chi connectivity index (χ1n) is 8.23. The molecule has 1 saturated heterocycles. The Morgan fingerprint density at radius 3 is 2.04 bits per heavy atom. The number of piperidine rings is 1. The summed E-state index contributed by atoms with van der Waals surface area (Å²) >= 11 is 0. The molecule has 1 fully saturated rings. The largest absolute Gasteiger partial charge is 0.453 e. The zero-order valence-electron chi connectivity index (χ0n) is 13.8. The van der Waals surface area contributed by atoms with Gasteiger partial charge in [0.2, 0.25) is 0 Å². The summed E-state index contributed by atoms with van der Waals surface area (Å²) in [6, 6.07) is 19.0. The van der Waals surface area contributed by atoms with E-state index in [0.29, 0.717) is 6.54 Å². The van der Waals surface area contributed by atoms with Crippen LogP contribution in [0.2, 0.25) is 0 Å². The van der Waals surface area contributed by atoms with Crippen LogP contribution in [0, 0.1) is 0 Å². The summed E-state index contributed by atoms with van der Waals surface area (Å²) in [7, 11) is -1.62. The van der Waals surface area contributed by atoms with Gasteiger partial charge in [-0.3, -0.25) is 4.90 Å². The molecule has 0 N–H and O–H groups in total. The van der Waals surface area contributed by atoms with Crippen molar-refractivity contribution < 1.29 is 14.1 Å². The number of rotatable bonds is 3. The van der Waals surface area contributed by atoms with Crippen molar-refractivity contribution in [2.45, 2.75) is 25.0 Å². The van der Waals surface area contributed by atoms with Crippen molar-refractivity contribution in [2.75, 3.05) is 13.7 Å². The Labute approximate surface area is 142 Å². The number of carbonyl (C=O) groups is 1. The van der Waals surface area contributed by atoms with Crippen LogP contribution < -0.4 is 10.6 Å². The van der Waals surface area contributed by atoms with Gasteiger partial charge < -0.3 is 9.30 Å². The van der Waals surface area contributed by atoms with E-state index in [-0.39, 0.29) is 5.78 Å². The van der Waals surface area contributed by atoms with Gasteiger partial charge in [-0.1, -0.05) is 60.7 Å². The highest BCUT2D eigenvalue weighted by Crippen LogP contribution is 2.53. The number of amides is 1. The average Bonchev–Trinajstić information content (AvgIpc) is 2.68. The summed E-state index contributed by atoms with van der Waals surface area (Å²) < 4.78 is 19.3. The molecule has 1 amide bonds. The first-order valence-corrected chi connectivity index (χ1v) is 10.0. The van der Waals surface area contributed by atoms with Crippen LogP contribution in [0.3, 0.4) is 0 Å². The molecule has 1 heterocycles. The second-order valence-electron chi connectivity index (χ2n) is 5.97. The van der Waals surface area contributed by atoms with E-state index in [4.69, 9.17) is 4.74 Å². The molecule has 4 nitrogen and oxygen atoms in total. The van der Waals surface area contributed by atoms with Gasteiger partial charge in [-0.25, -0.2) is 4.79 Å². The number of nitrogens with zero attached hydrogens (tertiary/aromatic N) is 1. The number of likely N-dealkylation sites (tertiary alicyclic amines) is 1. The molecule has 5 heteroatoms. The van der Waals surface area contributed by atoms with Crippen LogP contribution in [-0.4, -0.2) is 30.4 Å². The normalized spacial score (nSPS) is 18.2. The summed E-state index contributed by atoms with van der Waals surface area (Å²) in [5.41, 5.74) is 0. The summed E-state index contributed by atoms with van der Waals surface area (Å²) in [6.45, 7) is 0.584. The van der Waals surface area contributed by atoms with E-state index in [1.807, 2.05) is 60.7 Å². The number of hydrogen-bond donors (Lipinski definition) is 0. The predicted octanol–water partition coefficient (Wildman–Crippen LogP) is 3.58. The standard InChI is InChI=1S/C19H22NO3P/c1-23-19(21)20-15-9-8-14-18(20)24(22,16-10-4-2-5-11-16)17-12-6-3-7-13-17/h2-7,10-13,18H,8-9,14-15H2,1H3. The highest BCUT2D eigenvalue weighted by atomic mass is 31.2. The minimum absolute atomic E-state index is 0.358. The number of methoxy groups -OCH3 is 1. The van der Waals surface area contributed by atoms with Gasteiger partial charge in [0.15, 0.2) is 7.14 Å². The maximum Gasteiger partial charge on any atom is 0.410 e. The lowest BCUT2D eigenvalue weighted by molar-refractivity contribution is 0.107. The van der Waals surface area contributed by atoms with Crippen LogP contribution >= 0.6 is 7.14 Å². The van der Waals surface area contributed by atoms with Crippen LogP contribution in [0.25, 0.3) is 0 Å². The topological polar surface area (TPSA) is 46.6 Å². The lowest BCUT2D eigenvalue weighted by Crippen LogP contribution is -2.46. The molecular formula is C19H22NO3P. The maximum atomic E-state index is 14.4. The van der Waals surface area contributed by atoms with E-state index < -0.39 is 13.2 Å². The van der Waals surface area contributed by atoms with Gasteiger partial charge in [-0.15, -0.1) is 0 Å². The Hall–Kier alpha value is -2.06. The van der Waals surface area contributed by atoms with Crippen molar-refractivity contribution in [3.8, 4) is 0 Å². The molecule has 2 aromatic carbocycles. The van der Waals surface area contributed by atoms with E-state index in [1.54, 1.807) is 4.90 Å². The number of carbonyl (C=O) groups excluding carboxylic acids is 1. The van der Waals surface area contributed by atoms with Gasteiger partial charge in [-0.2, -0.15) is 0 Å². The predicted molar refractivity (Wildman–Crippen MR) is 96.5 cm³/mol. The van der Waals surface area contributed by atoms with Crippen molar-refractivity contribution in [1.29, 1.82) is 0 Å². The lowest BCUT2D eigenvalue weighted by atomic mass is 10.1. The zero-order chi connectivity index (χ0) is 17.0. The molecule has 0 spiro atoms. The summed E-state index contributed by atoms with van der Waals surface area (Å²) in [6.07, 6.45) is 2.19. The van der Waals surface area contributed by atoms with Gasteiger partial charge in [-0.05, 0) is 19.3 Å². The number of ether oxygens (including phenoxy) is 1. The maximum absolute atomic E-state index is 14.4. The molecule has 0 saturated carbocycles. The summed E-state index contributed by atoms with van der Waals surface area (Å²) in [5.74, 6) is -0.358. The van der Waals surface area contributed by atoms with Gasteiger partial charge >= 0.3 is 6.09 Å². The lowest BCUT2D eigenvalue weighted by Gasteiger charge is -2.39. The van der Waals surface area contributed by atoms with E-state index in [9.17, 15) is 9.36 Å². The minimum atomic E-state index is -3.00. The third-order valence-corrected chi connectivity index (χ3v) is 8.09. The van der Waals surface area contributed by atoms with Crippen LogP contribution in [0.15, 0.2) is 60.7 Å². The molecule has 24 heavy (non-hydrogen) atoms. The molecule has 1 aliphatic heterocycles. The fraction of sp³-hybridized carbons (Fsp3) is 0.316. The van der Waals surface area contributed by atoms with Crippen LogP contribution in [0.4, 0.5) is 4.79 Å². The molecule has 1 atom stereocenters. The Kier molecular flexibility index (Phi) is 5.06. The molecule has 0 aliphatic carbocycles. The van der Waals surface area contributed by atoms with Crippen molar-refractivity contribution in [3.63, 3.8) is 0 Å². The van der Waals surface area contributed by atoms with Crippen LogP contribution in [0.1, 0.15) is 19.3 Å². The third kappa shape index (κ3) is 2.99. The van der Waals surface area contributed by atoms with E-state index in [2.05, 4.69) is 0 Å². The molecule has 0 bridgehead atoms. The Bertz CT molecular complexity index is 689. The molecular weight excluding hydrogens is 321 g/mol. The van der Waals surface area contributed by atoms with Crippen LogP contribution in [-0.2, 0) is 9.30 Å². The van der Waals surface area contributed by atoms with Crippen molar-refractivity contribution in [3.05, 3.63) is 60.7 Å². The van der Waals surface area contributed by atoms with E-state index >= 15 is 0 Å². The Morgan fingerprint density at radius 1 is 1.00 bits per heavy atom. The Balaban J connectivity index is 2.14. The zero-order valence-corrected chi connectivity index (χ0v) is 14.7. The van der Waals surface area contributed by atoms with Gasteiger partial charge in [0.05, 0.1) is 12.9 Å². The highest BCUT2D eigenvalue weighted by molar-refractivity contribution is 7.79. The molecule has 1 aliphatic rings. The van der Waals surface area contributed by atoms with Crippen molar-refractivity contribution in [2.24, 2.45) is 0 Å². The molecule has 3 rings (SSSR count). The van der Waals surface area contributed by atoms with Gasteiger partial charge in [0, 0.05) is 17.2 Å². The van der Waals surface area contributed by atoms with Crippen molar-refractivity contribution >= 4 is 23.8 Å². The summed E-state index contributed by atoms with van der Waals surface area (Å²) in [4.78, 5) is 13.9. The Morgan fingerprint density at radius 2 is 1.54 bits per heavy atom. The minimum Gasteiger partial charge on any atom is -0.453 e. The smallest absolute Gasteiger partial charge is 0.410 e.